The first-order valence-corrected chi connectivity index (χ1v) is 10.4. The molecule has 1 fully saturated rings. The number of halogens is 1. The molecule has 7 heteroatoms. The maximum Gasteiger partial charge on any atom is 0.161 e. The molecule has 1 aliphatic carbocycles. The summed E-state index contributed by atoms with van der Waals surface area (Å²) in [6.07, 6.45) is 8.23. The van der Waals surface area contributed by atoms with Crippen molar-refractivity contribution in [1.29, 1.82) is 0 Å². The van der Waals surface area contributed by atoms with E-state index < -0.39 is 0 Å². The van der Waals surface area contributed by atoms with Crippen LogP contribution in [-0.4, -0.2) is 38.2 Å². The van der Waals surface area contributed by atoms with Gasteiger partial charge in [0.2, 0.25) is 0 Å². The van der Waals surface area contributed by atoms with Crippen LogP contribution in [-0.2, 0) is 12.8 Å². The fourth-order valence-corrected chi connectivity index (χ4v) is 4.56. The molecule has 0 amide bonds. The van der Waals surface area contributed by atoms with E-state index in [4.69, 9.17) is 21.6 Å². The van der Waals surface area contributed by atoms with Crippen LogP contribution in [0.1, 0.15) is 48.7 Å². The smallest absolute Gasteiger partial charge is 0.161 e. The second-order valence-corrected chi connectivity index (χ2v) is 8.08. The zero-order valence-electron chi connectivity index (χ0n) is 15.7. The molecule has 2 aromatic heterocycles. The fraction of sp³-hybridized carbons (Fsp3) is 0.429. The Morgan fingerprint density at radius 1 is 1.07 bits per heavy atom. The third kappa shape index (κ3) is 3.37. The minimum absolute atomic E-state index is 0.448. The quantitative estimate of drug-likeness (QED) is 0.721. The number of anilines is 1. The Balaban J connectivity index is 1.47. The highest BCUT2D eigenvalue weighted by atomic mass is 35.5. The average molecular weight is 395 g/mol. The predicted octanol–water partition coefficient (Wildman–Crippen LogP) is 4.18. The van der Waals surface area contributed by atoms with E-state index in [1.807, 2.05) is 24.3 Å². The number of piperidine rings is 1. The van der Waals surface area contributed by atoms with Gasteiger partial charge < -0.3 is 4.90 Å². The van der Waals surface area contributed by atoms with Gasteiger partial charge in [-0.1, -0.05) is 23.7 Å². The number of benzene rings is 1. The minimum Gasteiger partial charge on any atom is -0.356 e. The normalized spacial score (nSPS) is 17.5. The van der Waals surface area contributed by atoms with Crippen molar-refractivity contribution < 1.29 is 0 Å². The monoisotopic (exact) mass is 394 g/mol. The molecule has 28 heavy (non-hydrogen) atoms. The van der Waals surface area contributed by atoms with Crippen molar-refractivity contribution in [2.75, 3.05) is 18.0 Å². The molecule has 6 nitrogen and oxygen atoms in total. The van der Waals surface area contributed by atoms with Crippen LogP contribution in [0.3, 0.4) is 0 Å². The third-order valence-electron chi connectivity index (χ3n) is 5.86. The molecule has 0 spiro atoms. The Hall–Kier alpha value is -2.47. The van der Waals surface area contributed by atoms with Gasteiger partial charge in [0, 0.05) is 40.9 Å². The molecule has 1 aromatic carbocycles. The van der Waals surface area contributed by atoms with E-state index in [1.54, 1.807) is 6.33 Å². The first-order valence-electron chi connectivity index (χ1n) is 10.0. The molecular formula is C21H23ClN6. The zero-order valence-corrected chi connectivity index (χ0v) is 16.5. The summed E-state index contributed by atoms with van der Waals surface area (Å²) in [5.74, 6) is 3.36. The van der Waals surface area contributed by atoms with Crippen LogP contribution in [0.5, 0.6) is 0 Å². The van der Waals surface area contributed by atoms with E-state index in [2.05, 4.69) is 20.1 Å². The van der Waals surface area contributed by atoms with Crippen molar-refractivity contribution >= 4 is 17.4 Å². The van der Waals surface area contributed by atoms with E-state index in [0.29, 0.717) is 10.9 Å². The standard InChI is InChI=1S/C21H23ClN6/c22-16-5-3-4-15(12-16)20-25-18-7-2-1-6-17(18)21(26-20)28-10-8-14(9-11-28)19-23-13-24-27-19/h3-5,12-14H,1-2,6-11H2,(H,23,24,27). The van der Waals surface area contributed by atoms with E-state index in [-0.39, 0.29) is 0 Å². The van der Waals surface area contributed by atoms with E-state index in [9.17, 15) is 0 Å². The number of hydrogen-bond acceptors (Lipinski definition) is 5. The van der Waals surface area contributed by atoms with Gasteiger partial charge in [0.25, 0.3) is 0 Å². The largest absolute Gasteiger partial charge is 0.356 e. The number of rotatable bonds is 3. The molecule has 0 atom stereocenters. The molecule has 0 bridgehead atoms. The van der Waals surface area contributed by atoms with Gasteiger partial charge >= 0.3 is 0 Å². The van der Waals surface area contributed by atoms with Crippen LogP contribution >= 0.6 is 11.6 Å². The molecule has 3 aromatic rings. The van der Waals surface area contributed by atoms with Gasteiger partial charge in [0.05, 0.1) is 0 Å². The molecule has 1 N–H and O–H groups in total. The lowest BCUT2D eigenvalue weighted by Gasteiger charge is -2.34. The number of aromatic amines is 1. The highest BCUT2D eigenvalue weighted by molar-refractivity contribution is 6.30. The number of aryl methyl sites for hydroxylation is 1. The van der Waals surface area contributed by atoms with Crippen LogP contribution in [0.4, 0.5) is 5.82 Å². The van der Waals surface area contributed by atoms with Crippen molar-refractivity contribution in [2.45, 2.75) is 44.4 Å². The second kappa shape index (κ2) is 7.51. The lowest BCUT2D eigenvalue weighted by Crippen LogP contribution is -2.35. The molecule has 2 aliphatic rings. The summed E-state index contributed by atoms with van der Waals surface area (Å²) in [6.45, 7) is 1.95. The van der Waals surface area contributed by atoms with Crippen LogP contribution in [0.2, 0.25) is 5.02 Å². The molecule has 144 valence electrons. The van der Waals surface area contributed by atoms with Crippen molar-refractivity contribution in [3.63, 3.8) is 0 Å². The van der Waals surface area contributed by atoms with Crippen molar-refractivity contribution in [2.24, 2.45) is 0 Å². The maximum absolute atomic E-state index is 6.21. The van der Waals surface area contributed by atoms with Gasteiger partial charge in [-0.05, 0) is 50.7 Å². The molecule has 5 rings (SSSR count). The van der Waals surface area contributed by atoms with E-state index in [1.165, 1.54) is 24.1 Å². The van der Waals surface area contributed by atoms with Gasteiger partial charge in [0.15, 0.2) is 5.82 Å². The third-order valence-corrected chi connectivity index (χ3v) is 6.09. The lowest BCUT2D eigenvalue weighted by atomic mass is 9.93. The highest BCUT2D eigenvalue weighted by Crippen LogP contribution is 2.34. The first-order chi connectivity index (χ1) is 13.8. The van der Waals surface area contributed by atoms with Crippen LogP contribution in [0.15, 0.2) is 30.6 Å². The Labute approximate surface area is 169 Å². The van der Waals surface area contributed by atoms with Crippen molar-refractivity contribution in [3.8, 4) is 11.4 Å². The summed E-state index contributed by atoms with van der Waals surface area (Å²) in [7, 11) is 0. The van der Waals surface area contributed by atoms with Crippen molar-refractivity contribution in [3.05, 3.63) is 52.7 Å². The fourth-order valence-electron chi connectivity index (χ4n) is 4.37. The number of fused-ring (bicyclic) bond motifs is 1. The summed E-state index contributed by atoms with van der Waals surface area (Å²) in [5, 5.41) is 7.75. The van der Waals surface area contributed by atoms with Crippen molar-refractivity contribution in [1.82, 2.24) is 25.1 Å². The van der Waals surface area contributed by atoms with Crippen LogP contribution in [0, 0.1) is 0 Å². The van der Waals surface area contributed by atoms with E-state index in [0.717, 1.165) is 61.8 Å². The summed E-state index contributed by atoms with van der Waals surface area (Å²) in [6, 6.07) is 7.84. The predicted molar refractivity (Wildman–Crippen MR) is 110 cm³/mol. The van der Waals surface area contributed by atoms with E-state index >= 15 is 0 Å². The highest BCUT2D eigenvalue weighted by Gasteiger charge is 2.27. The number of aromatic nitrogens is 5. The number of nitrogens with one attached hydrogen (secondary N) is 1. The molecule has 0 unspecified atom stereocenters. The van der Waals surface area contributed by atoms with Gasteiger partial charge in [-0.15, -0.1) is 0 Å². The van der Waals surface area contributed by atoms with Gasteiger partial charge in [-0.3, -0.25) is 5.10 Å². The minimum atomic E-state index is 0.448. The summed E-state index contributed by atoms with van der Waals surface area (Å²) >= 11 is 6.21. The molecule has 1 aliphatic heterocycles. The molecule has 0 radical (unpaired) electrons. The molecule has 1 saturated heterocycles. The summed E-state index contributed by atoms with van der Waals surface area (Å²) < 4.78 is 0. The first kappa shape index (κ1) is 17.6. The van der Waals surface area contributed by atoms with Crippen LogP contribution in [0.25, 0.3) is 11.4 Å². The number of hydrogen-bond donors (Lipinski definition) is 1. The Bertz CT molecular complexity index is 963. The number of H-pyrrole nitrogens is 1. The molecular weight excluding hydrogens is 372 g/mol. The summed E-state index contributed by atoms with van der Waals surface area (Å²) in [4.78, 5) is 16.7. The summed E-state index contributed by atoms with van der Waals surface area (Å²) in [5.41, 5.74) is 3.54. The SMILES string of the molecule is Clc1cccc(-c2nc3c(c(N4CCC(c5ncn[nH]5)CC4)n2)CCCC3)c1. The zero-order chi connectivity index (χ0) is 18.9. The topological polar surface area (TPSA) is 70.6 Å². The number of nitrogens with zero attached hydrogens (tertiary/aromatic N) is 5. The second-order valence-electron chi connectivity index (χ2n) is 7.65. The van der Waals surface area contributed by atoms with Gasteiger partial charge in [-0.25, -0.2) is 15.0 Å². The Morgan fingerprint density at radius 3 is 2.71 bits per heavy atom. The molecule has 0 saturated carbocycles. The van der Waals surface area contributed by atoms with Gasteiger partial charge in [0.1, 0.15) is 18.0 Å². The Morgan fingerprint density at radius 2 is 1.93 bits per heavy atom. The van der Waals surface area contributed by atoms with Gasteiger partial charge in [-0.2, -0.15) is 5.10 Å². The Kier molecular flexibility index (Phi) is 4.72. The van der Waals surface area contributed by atoms with Crippen LogP contribution < -0.4 is 4.90 Å². The maximum atomic E-state index is 6.21. The molecule has 3 heterocycles. The lowest BCUT2D eigenvalue weighted by molar-refractivity contribution is 0.482. The average Bonchev–Trinajstić information content (AvgIpc) is 3.28.